The maximum Gasteiger partial charge on any atom is 0.323 e. The molecule has 3 nitrogen and oxygen atoms in total. The lowest BCUT2D eigenvalue weighted by Crippen LogP contribution is -2.32. The molecule has 1 rings (SSSR count). The fourth-order valence-electron chi connectivity index (χ4n) is 1.20. The number of carbonyl (C=O) groups is 1. The van der Waals surface area contributed by atoms with Crippen LogP contribution in [-0.2, 0) is 16.1 Å². The smallest absolute Gasteiger partial charge is 0.323 e. The van der Waals surface area contributed by atoms with Crippen molar-refractivity contribution in [1.82, 2.24) is 0 Å². The average molecular weight is 276 g/mol. The highest BCUT2D eigenvalue weighted by Crippen LogP contribution is 2.04. The second kappa shape index (κ2) is 9.33. The molecule has 1 aromatic carbocycles. The first-order chi connectivity index (χ1) is 7.74. The second-order valence-corrected chi connectivity index (χ2v) is 4.47. The molecule has 1 atom stereocenters. The van der Waals surface area contributed by atoms with Crippen LogP contribution in [0.2, 0.25) is 0 Å². The summed E-state index contributed by atoms with van der Waals surface area (Å²) in [5, 5.41) is 0. The summed E-state index contributed by atoms with van der Waals surface area (Å²) in [5.74, 6) is 0.555. The zero-order valence-corrected chi connectivity index (χ0v) is 11.4. The lowest BCUT2D eigenvalue weighted by Gasteiger charge is -2.10. The number of ether oxygens (including phenoxy) is 1. The average Bonchev–Trinajstić information content (AvgIpc) is 2.34. The number of hydrogen-bond acceptors (Lipinski definition) is 4. The van der Waals surface area contributed by atoms with Crippen molar-refractivity contribution in [3.8, 4) is 0 Å². The minimum Gasteiger partial charge on any atom is -0.460 e. The summed E-state index contributed by atoms with van der Waals surface area (Å²) in [7, 11) is 0. The molecule has 0 amide bonds. The Bertz CT molecular complexity index is 322. The largest absolute Gasteiger partial charge is 0.460 e. The van der Waals surface area contributed by atoms with Crippen LogP contribution in [0.5, 0.6) is 0 Å². The SMILES string of the molecule is CSCC[C@H](N)C(=O)OCc1ccccc1.Cl. The number of thioether (sulfide) groups is 1. The van der Waals surface area contributed by atoms with Crippen LogP contribution in [0.4, 0.5) is 0 Å². The number of benzene rings is 1. The number of nitrogens with two attached hydrogens (primary N) is 1. The standard InChI is InChI=1S/C12H17NO2S.ClH/c1-16-8-7-11(13)12(14)15-9-10-5-3-2-4-6-10;/h2-6,11H,7-9,13H2,1H3;1H/t11-;/m0./s1. The van der Waals surface area contributed by atoms with Crippen molar-refractivity contribution in [3.63, 3.8) is 0 Å². The molecule has 0 heterocycles. The van der Waals surface area contributed by atoms with Gasteiger partial charge in [-0.05, 0) is 24.0 Å². The molecule has 0 saturated carbocycles. The van der Waals surface area contributed by atoms with Gasteiger partial charge in [0.2, 0.25) is 0 Å². The zero-order chi connectivity index (χ0) is 11.8. The van der Waals surface area contributed by atoms with Crippen LogP contribution in [0, 0.1) is 0 Å². The zero-order valence-electron chi connectivity index (χ0n) is 9.80. The van der Waals surface area contributed by atoms with Gasteiger partial charge in [-0.1, -0.05) is 30.3 Å². The van der Waals surface area contributed by atoms with Gasteiger partial charge in [-0.2, -0.15) is 11.8 Å². The third kappa shape index (κ3) is 6.56. The summed E-state index contributed by atoms with van der Waals surface area (Å²) in [5.41, 5.74) is 6.66. The van der Waals surface area contributed by atoms with E-state index < -0.39 is 6.04 Å². The van der Waals surface area contributed by atoms with Crippen LogP contribution in [0.3, 0.4) is 0 Å². The summed E-state index contributed by atoms with van der Waals surface area (Å²) in [6.45, 7) is 0.298. The first-order valence-electron chi connectivity index (χ1n) is 5.19. The minimum atomic E-state index is -0.504. The fourth-order valence-corrected chi connectivity index (χ4v) is 1.69. The van der Waals surface area contributed by atoms with Gasteiger partial charge in [0.25, 0.3) is 0 Å². The van der Waals surface area contributed by atoms with Crippen molar-refractivity contribution >= 4 is 30.1 Å². The molecule has 96 valence electrons. The van der Waals surface area contributed by atoms with Crippen molar-refractivity contribution in [1.29, 1.82) is 0 Å². The summed E-state index contributed by atoms with van der Waals surface area (Å²) in [6.07, 6.45) is 2.65. The molecule has 0 aliphatic rings. The molecule has 2 N–H and O–H groups in total. The number of hydrogen-bond donors (Lipinski definition) is 1. The van der Waals surface area contributed by atoms with E-state index in [-0.39, 0.29) is 18.4 Å². The second-order valence-electron chi connectivity index (χ2n) is 3.48. The van der Waals surface area contributed by atoms with Crippen molar-refractivity contribution in [2.75, 3.05) is 12.0 Å². The Balaban J connectivity index is 0.00000256. The molecule has 0 saturated heterocycles. The molecule has 0 unspecified atom stereocenters. The topological polar surface area (TPSA) is 52.3 Å². The highest BCUT2D eigenvalue weighted by Gasteiger charge is 2.14. The molecule has 0 fully saturated rings. The normalized spacial score (nSPS) is 11.4. The van der Waals surface area contributed by atoms with E-state index in [1.807, 2.05) is 36.6 Å². The Morgan fingerprint density at radius 3 is 2.65 bits per heavy atom. The van der Waals surface area contributed by atoms with E-state index in [9.17, 15) is 4.79 Å². The van der Waals surface area contributed by atoms with Crippen molar-refractivity contribution in [3.05, 3.63) is 35.9 Å². The van der Waals surface area contributed by atoms with Gasteiger partial charge in [-0.25, -0.2) is 0 Å². The lowest BCUT2D eigenvalue weighted by molar-refractivity contribution is -0.146. The highest BCUT2D eigenvalue weighted by molar-refractivity contribution is 7.98. The van der Waals surface area contributed by atoms with E-state index in [4.69, 9.17) is 10.5 Å². The molecular weight excluding hydrogens is 258 g/mol. The summed E-state index contributed by atoms with van der Waals surface area (Å²) in [6, 6.07) is 9.08. The van der Waals surface area contributed by atoms with Gasteiger partial charge in [0, 0.05) is 0 Å². The molecule has 0 aliphatic carbocycles. The minimum absolute atomic E-state index is 0. The summed E-state index contributed by atoms with van der Waals surface area (Å²) in [4.78, 5) is 11.5. The number of halogens is 1. The first-order valence-corrected chi connectivity index (χ1v) is 6.58. The van der Waals surface area contributed by atoms with Gasteiger partial charge in [0.1, 0.15) is 12.6 Å². The Labute approximate surface area is 113 Å². The van der Waals surface area contributed by atoms with Gasteiger partial charge in [0.15, 0.2) is 0 Å². The number of esters is 1. The molecule has 5 heteroatoms. The van der Waals surface area contributed by atoms with E-state index in [0.29, 0.717) is 13.0 Å². The van der Waals surface area contributed by atoms with E-state index in [0.717, 1.165) is 11.3 Å². The number of carbonyl (C=O) groups excluding carboxylic acids is 1. The van der Waals surface area contributed by atoms with Gasteiger partial charge in [0.05, 0.1) is 0 Å². The summed E-state index contributed by atoms with van der Waals surface area (Å²) < 4.78 is 5.11. The van der Waals surface area contributed by atoms with Crippen LogP contribution in [0.15, 0.2) is 30.3 Å². The predicted octanol–water partition coefficient (Wildman–Crippen LogP) is 2.23. The Morgan fingerprint density at radius 2 is 2.06 bits per heavy atom. The van der Waals surface area contributed by atoms with E-state index in [1.54, 1.807) is 11.8 Å². The van der Waals surface area contributed by atoms with E-state index in [1.165, 1.54) is 0 Å². The fraction of sp³-hybridized carbons (Fsp3) is 0.417. The first kappa shape index (κ1) is 16.3. The van der Waals surface area contributed by atoms with Crippen molar-refractivity contribution < 1.29 is 9.53 Å². The molecule has 0 spiro atoms. The maximum atomic E-state index is 11.5. The van der Waals surface area contributed by atoms with Crippen molar-refractivity contribution in [2.24, 2.45) is 5.73 Å². The quantitative estimate of drug-likeness (QED) is 0.809. The monoisotopic (exact) mass is 275 g/mol. The molecule has 17 heavy (non-hydrogen) atoms. The molecule has 0 bridgehead atoms. The van der Waals surface area contributed by atoms with Gasteiger partial charge < -0.3 is 10.5 Å². The third-order valence-corrected chi connectivity index (χ3v) is 2.80. The van der Waals surface area contributed by atoms with Crippen LogP contribution in [-0.4, -0.2) is 24.0 Å². The van der Waals surface area contributed by atoms with Crippen LogP contribution in [0.25, 0.3) is 0 Å². The predicted molar refractivity (Wildman–Crippen MR) is 74.5 cm³/mol. The van der Waals surface area contributed by atoms with Gasteiger partial charge >= 0.3 is 5.97 Å². The molecule has 1 aromatic rings. The molecular formula is C12H18ClNO2S. The van der Waals surface area contributed by atoms with Crippen LogP contribution >= 0.6 is 24.2 Å². The lowest BCUT2D eigenvalue weighted by atomic mass is 10.2. The Hall–Kier alpha value is -0.710. The highest BCUT2D eigenvalue weighted by atomic mass is 35.5. The molecule has 0 aliphatic heterocycles. The molecule has 0 aromatic heterocycles. The van der Waals surface area contributed by atoms with Gasteiger partial charge in [-0.3, -0.25) is 4.79 Å². The van der Waals surface area contributed by atoms with E-state index >= 15 is 0 Å². The summed E-state index contributed by atoms with van der Waals surface area (Å²) >= 11 is 1.67. The van der Waals surface area contributed by atoms with Crippen LogP contribution in [0.1, 0.15) is 12.0 Å². The third-order valence-electron chi connectivity index (χ3n) is 2.16. The van der Waals surface area contributed by atoms with Crippen LogP contribution < -0.4 is 5.73 Å². The Morgan fingerprint density at radius 1 is 1.41 bits per heavy atom. The Kier molecular flexibility index (Phi) is 8.94. The van der Waals surface area contributed by atoms with Crippen molar-refractivity contribution in [2.45, 2.75) is 19.1 Å². The maximum absolute atomic E-state index is 11.5. The van der Waals surface area contributed by atoms with Gasteiger partial charge in [-0.15, -0.1) is 12.4 Å². The van der Waals surface area contributed by atoms with E-state index in [2.05, 4.69) is 0 Å². The molecule has 0 radical (unpaired) electrons. The number of rotatable bonds is 6.